The molecule has 0 aliphatic carbocycles. The molecule has 0 fully saturated rings. The Morgan fingerprint density at radius 1 is 1.36 bits per heavy atom. The van der Waals surface area contributed by atoms with Gasteiger partial charge in [0.05, 0.1) is 12.8 Å². The Morgan fingerprint density at radius 3 is 2.59 bits per heavy atom. The van der Waals surface area contributed by atoms with Crippen LogP contribution in [0.4, 0.5) is 10.1 Å². The third-order valence-electron chi connectivity index (χ3n) is 3.53. The predicted molar refractivity (Wildman–Crippen MR) is 83.0 cm³/mol. The van der Waals surface area contributed by atoms with Crippen LogP contribution < -0.4 is 9.64 Å². The smallest absolute Gasteiger partial charge is 0.278 e. The van der Waals surface area contributed by atoms with E-state index >= 15 is 0 Å². The van der Waals surface area contributed by atoms with E-state index in [1.165, 1.54) is 30.2 Å². The summed E-state index contributed by atoms with van der Waals surface area (Å²) < 4.78 is 20.1. The van der Waals surface area contributed by atoms with Gasteiger partial charge >= 0.3 is 0 Å². The van der Waals surface area contributed by atoms with Crippen LogP contribution in [0.25, 0.3) is 0 Å². The van der Waals surface area contributed by atoms with Gasteiger partial charge in [-0.1, -0.05) is 13.8 Å². The lowest BCUT2D eigenvalue weighted by molar-refractivity contribution is 0.0987. The van der Waals surface area contributed by atoms with Crippen LogP contribution >= 0.6 is 0 Å². The number of anilines is 1. The number of aromatic nitrogens is 2. The van der Waals surface area contributed by atoms with Gasteiger partial charge in [0, 0.05) is 25.9 Å². The second-order valence-electron chi connectivity index (χ2n) is 5.41. The molecule has 0 aliphatic heterocycles. The highest BCUT2D eigenvalue weighted by atomic mass is 19.1. The average Bonchev–Trinajstić information content (AvgIpc) is 2.87. The summed E-state index contributed by atoms with van der Waals surface area (Å²) in [5.41, 5.74) is 1.81. The maximum absolute atomic E-state index is 13.3. The second kappa shape index (κ2) is 6.17. The normalized spacial score (nSPS) is 10.9. The van der Waals surface area contributed by atoms with Crippen LogP contribution in [-0.4, -0.2) is 29.8 Å². The van der Waals surface area contributed by atoms with Crippen molar-refractivity contribution in [3.8, 4) is 5.75 Å². The maximum atomic E-state index is 13.3. The van der Waals surface area contributed by atoms with Crippen LogP contribution in [-0.2, 0) is 7.05 Å². The number of ether oxygens (including phenoxy) is 1. The van der Waals surface area contributed by atoms with E-state index in [1.807, 2.05) is 20.9 Å². The van der Waals surface area contributed by atoms with Gasteiger partial charge in [0.1, 0.15) is 11.6 Å². The Bertz CT molecular complexity index is 695. The lowest BCUT2D eigenvalue weighted by Gasteiger charge is -2.19. The summed E-state index contributed by atoms with van der Waals surface area (Å²) in [5, 5.41) is 4.26. The minimum Gasteiger partial charge on any atom is -0.494 e. The molecule has 0 saturated carbocycles. The van der Waals surface area contributed by atoms with Crippen molar-refractivity contribution in [3.05, 3.63) is 41.5 Å². The van der Waals surface area contributed by atoms with Crippen LogP contribution in [0.3, 0.4) is 0 Å². The van der Waals surface area contributed by atoms with E-state index in [2.05, 4.69) is 5.10 Å². The Hall–Kier alpha value is -2.37. The van der Waals surface area contributed by atoms with Crippen LogP contribution in [0.2, 0.25) is 0 Å². The van der Waals surface area contributed by atoms with Crippen molar-refractivity contribution in [1.82, 2.24) is 9.78 Å². The molecule has 0 unspecified atom stereocenters. The molecule has 22 heavy (non-hydrogen) atoms. The third-order valence-corrected chi connectivity index (χ3v) is 3.53. The summed E-state index contributed by atoms with van der Waals surface area (Å²) in [6.07, 6.45) is 0. The average molecular weight is 305 g/mol. The molecule has 6 heteroatoms. The van der Waals surface area contributed by atoms with E-state index in [1.54, 1.807) is 17.8 Å². The Labute approximate surface area is 129 Å². The highest BCUT2D eigenvalue weighted by Crippen LogP contribution is 2.29. The van der Waals surface area contributed by atoms with Crippen LogP contribution in [0.15, 0.2) is 24.3 Å². The molecule has 1 aromatic heterocycles. The first-order valence-corrected chi connectivity index (χ1v) is 7.00. The second-order valence-corrected chi connectivity index (χ2v) is 5.41. The molecule has 0 saturated heterocycles. The monoisotopic (exact) mass is 305 g/mol. The zero-order chi connectivity index (χ0) is 16.4. The van der Waals surface area contributed by atoms with E-state index in [9.17, 15) is 9.18 Å². The van der Waals surface area contributed by atoms with Gasteiger partial charge in [-0.2, -0.15) is 5.10 Å². The van der Waals surface area contributed by atoms with E-state index < -0.39 is 5.82 Å². The molecule has 0 atom stereocenters. The fourth-order valence-electron chi connectivity index (χ4n) is 2.34. The van der Waals surface area contributed by atoms with Gasteiger partial charge in [-0.3, -0.25) is 9.48 Å². The number of hydrogen-bond donors (Lipinski definition) is 0. The molecule has 0 spiro atoms. The summed E-state index contributed by atoms with van der Waals surface area (Å²) in [7, 11) is 4.86. The summed E-state index contributed by atoms with van der Waals surface area (Å²) in [5.74, 6) is -0.116. The molecule has 0 N–H and O–H groups in total. The molecule has 118 valence electrons. The summed E-state index contributed by atoms with van der Waals surface area (Å²) in [6, 6.07) is 5.83. The largest absolute Gasteiger partial charge is 0.494 e. The SMILES string of the molecule is COc1cc(F)ccc1N(C)C(=O)c1cc(C(C)C)n(C)n1. The van der Waals surface area contributed by atoms with Gasteiger partial charge in [0.2, 0.25) is 0 Å². The number of nitrogens with zero attached hydrogens (tertiary/aromatic N) is 3. The van der Waals surface area contributed by atoms with Gasteiger partial charge in [0.25, 0.3) is 5.91 Å². The van der Waals surface area contributed by atoms with Gasteiger partial charge in [-0.25, -0.2) is 4.39 Å². The van der Waals surface area contributed by atoms with Gasteiger partial charge in [-0.05, 0) is 24.1 Å². The summed E-state index contributed by atoms with van der Waals surface area (Å²) in [6.45, 7) is 4.08. The van der Waals surface area contributed by atoms with Gasteiger partial charge in [-0.15, -0.1) is 0 Å². The number of amides is 1. The fourth-order valence-corrected chi connectivity index (χ4v) is 2.34. The van der Waals surface area contributed by atoms with Crippen molar-refractivity contribution >= 4 is 11.6 Å². The zero-order valence-corrected chi connectivity index (χ0v) is 13.4. The zero-order valence-electron chi connectivity index (χ0n) is 13.4. The van der Waals surface area contributed by atoms with Crippen molar-refractivity contribution in [2.24, 2.45) is 7.05 Å². The molecule has 2 aromatic rings. The lowest BCUT2D eigenvalue weighted by atomic mass is 10.1. The Morgan fingerprint density at radius 2 is 2.05 bits per heavy atom. The molecule has 1 aromatic carbocycles. The number of aryl methyl sites for hydroxylation is 1. The molecular formula is C16H20FN3O2. The summed E-state index contributed by atoms with van der Waals surface area (Å²) >= 11 is 0. The van der Waals surface area contributed by atoms with Gasteiger partial charge < -0.3 is 9.64 Å². The van der Waals surface area contributed by atoms with Crippen molar-refractivity contribution in [3.63, 3.8) is 0 Å². The molecule has 1 amide bonds. The Kier molecular flexibility index (Phi) is 4.49. The van der Waals surface area contributed by atoms with E-state index in [4.69, 9.17) is 4.74 Å². The number of benzene rings is 1. The first kappa shape index (κ1) is 16.0. The molecule has 2 rings (SSSR count). The van der Waals surface area contributed by atoms with E-state index in [0.717, 1.165) is 5.69 Å². The first-order chi connectivity index (χ1) is 10.3. The van der Waals surface area contributed by atoms with Crippen LogP contribution in [0.5, 0.6) is 5.75 Å². The number of carbonyl (C=O) groups excluding carboxylic acids is 1. The lowest BCUT2D eigenvalue weighted by Crippen LogP contribution is -2.27. The highest BCUT2D eigenvalue weighted by molar-refractivity contribution is 6.05. The molecule has 5 nitrogen and oxygen atoms in total. The number of hydrogen-bond acceptors (Lipinski definition) is 3. The van der Waals surface area contributed by atoms with Crippen molar-refractivity contribution in [1.29, 1.82) is 0 Å². The molecule has 0 aliphatic rings. The van der Waals surface area contributed by atoms with Gasteiger partial charge in [0.15, 0.2) is 5.69 Å². The predicted octanol–water partition coefficient (Wildman–Crippen LogP) is 2.97. The Balaban J connectivity index is 2.35. The quantitative estimate of drug-likeness (QED) is 0.872. The number of rotatable bonds is 4. The maximum Gasteiger partial charge on any atom is 0.278 e. The standard InChI is InChI=1S/C16H20FN3O2/c1-10(2)14-9-12(18-20(14)4)16(21)19(3)13-7-6-11(17)8-15(13)22-5/h6-10H,1-5H3. The van der Waals surface area contributed by atoms with Crippen molar-refractivity contribution in [2.45, 2.75) is 19.8 Å². The molecule has 1 heterocycles. The van der Waals surface area contributed by atoms with E-state index in [0.29, 0.717) is 17.1 Å². The summed E-state index contributed by atoms with van der Waals surface area (Å²) in [4.78, 5) is 14.0. The highest BCUT2D eigenvalue weighted by Gasteiger charge is 2.21. The number of carbonyl (C=O) groups is 1. The molecule has 0 radical (unpaired) electrons. The van der Waals surface area contributed by atoms with Crippen LogP contribution in [0.1, 0.15) is 35.9 Å². The minimum atomic E-state index is -0.415. The third kappa shape index (κ3) is 2.95. The first-order valence-electron chi connectivity index (χ1n) is 7.00. The topological polar surface area (TPSA) is 47.4 Å². The molecule has 0 bridgehead atoms. The van der Waals surface area contributed by atoms with Crippen LogP contribution in [0, 0.1) is 5.82 Å². The number of methoxy groups -OCH3 is 1. The van der Waals surface area contributed by atoms with Crippen molar-refractivity contribution in [2.75, 3.05) is 19.1 Å². The fraction of sp³-hybridized carbons (Fsp3) is 0.375. The minimum absolute atomic E-state index is 0.268. The molecular weight excluding hydrogens is 285 g/mol. The number of halogens is 1. The van der Waals surface area contributed by atoms with Crippen molar-refractivity contribution < 1.29 is 13.9 Å². The van der Waals surface area contributed by atoms with E-state index in [-0.39, 0.29) is 11.8 Å².